The van der Waals surface area contributed by atoms with E-state index in [1.54, 1.807) is 24.5 Å². The van der Waals surface area contributed by atoms with Gasteiger partial charge >= 0.3 is 5.97 Å². The Hall–Kier alpha value is -1.91. The minimum absolute atomic E-state index is 0.122. The van der Waals surface area contributed by atoms with Gasteiger partial charge in [-0.1, -0.05) is 25.9 Å². The van der Waals surface area contributed by atoms with Crippen molar-refractivity contribution < 1.29 is 14.6 Å². The fraction of sp³-hybridized carbons (Fsp3) is 0.417. The summed E-state index contributed by atoms with van der Waals surface area (Å²) in [5.41, 5.74) is 6.25. The molecule has 0 radical (unpaired) electrons. The highest BCUT2D eigenvalue weighted by atomic mass is 16.7. The monoisotopic (exact) mass is 236 g/mol. The normalized spacial score (nSPS) is 12.3. The quantitative estimate of drug-likeness (QED) is 0.369. The number of amidine groups is 1. The van der Waals surface area contributed by atoms with Crippen LogP contribution in [0.4, 0.5) is 0 Å². The lowest BCUT2D eigenvalue weighted by Gasteiger charge is -2.14. The smallest absolute Gasteiger partial charge is 0.335 e. The standard InChI is InChI=1S/C12H17N3O2/c1-12(2,3)8-10(16)17-15-11(13)9-4-6-14-7-5-9/h4-7H,8H2,1-3H3,(H2,13,15)/p+1. The van der Waals surface area contributed by atoms with E-state index in [2.05, 4.69) is 10.1 Å². The highest BCUT2D eigenvalue weighted by Crippen LogP contribution is 2.18. The third-order valence-electron chi connectivity index (χ3n) is 1.93. The van der Waals surface area contributed by atoms with Crippen LogP contribution in [0.3, 0.4) is 0 Å². The maximum Gasteiger partial charge on any atom is 0.335 e. The van der Waals surface area contributed by atoms with Crippen molar-refractivity contribution in [2.45, 2.75) is 27.2 Å². The number of aromatic nitrogens is 1. The van der Waals surface area contributed by atoms with Crippen molar-refractivity contribution in [2.75, 3.05) is 0 Å². The zero-order chi connectivity index (χ0) is 12.9. The Labute approximate surface area is 101 Å². The van der Waals surface area contributed by atoms with Crippen LogP contribution in [0.2, 0.25) is 0 Å². The molecule has 0 saturated heterocycles. The summed E-state index contributed by atoms with van der Waals surface area (Å²) in [5, 5.41) is 3.61. The van der Waals surface area contributed by atoms with Crippen LogP contribution in [0.1, 0.15) is 32.8 Å². The summed E-state index contributed by atoms with van der Waals surface area (Å²) in [5.74, 6) is -0.204. The highest BCUT2D eigenvalue weighted by Gasteiger charge is 2.17. The van der Waals surface area contributed by atoms with Crippen molar-refractivity contribution in [2.24, 2.45) is 16.3 Å². The molecule has 5 nitrogen and oxygen atoms in total. The molecule has 1 heterocycles. The molecule has 0 unspecified atom stereocenters. The number of carbonyl (C=O) groups is 1. The van der Waals surface area contributed by atoms with E-state index in [9.17, 15) is 4.79 Å². The van der Waals surface area contributed by atoms with Crippen molar-refractivity contribution >= 4 is 11.8 Å². The van der Waals surface area contributed by atoms with E-state index in [1.807, 2.05) is 20.8 Å². The minimum atomic E-state index is -0.386. The molecule has 0 atom stereocenters. The molecule has 0 bridgehead atoms. The van der Waals surface area contributed by atoms with E-state index in [0.29, 0.717) is 12.0 Å². The molecule has 1 rings (SSSR count). The largest absolute Gasteiger partial charge is 0.380 e. The molecule has 5 heteroatoms. The third kappa shape index (κ3) is 5.10. The Kier molecular flexibility index (Phi) is 4.20. The Morgan fingerprint density at radius 2 is 2.00 bits per heavy atom. The first-order chi connectivity index (χ1) is 7.88. The van der Waals surface area contributed by atoms with Gasteiger partial charge in [-0.25, -0.2) is 9.78 Å². The number of rotatable bonds is 3. The fourth-order valence-corrected chi connectivity index (χ4v) is 1.18. The second kappa shape index (κ2) is 5.43. The highest BCUT2D eigenvalue weighted by molar-refractivity contribution is 5.97. The van der Waals surface area contributed by atoms with Crippen molar-refractivity contribution in [1.29, 1.82) is 0 Å². The van der Waals surface area contributed by atoms with E-state index in [0.717, 1.165) is 0 Å². The first-order valence-corrected chi connectivity index (χ1v) is 5.38. The Morgan fingerprint density at radius 1 is 1.41 bits per heavy atom. The fourth-order valence-electron chi connectivity index (χ4n) is 1.18. The van der Waals surface area contributed by atoms with Gasteiger partial charge in [0.05, 0.1) is 6.42 Å². The predicted molar refractivity (Wildman–Crippen MR) is 63.9 cm³/mol. The van der Waals surface area contributed by atoms with Gasteiger partial charge < -0.3 is 10.6 Å². The van der Waals surface area contributed by atoms with E-state index < -0.39 is 0 Å². The Bertz CT molecular complexity index is 408. The summed E-state index contributed by atoms with van der Waals surface area (Å²) >= 11 is 0. The van der Waals surface area contributed by atoms with Crippen molar-refractivity contribution in [1.82, 2.24) is 0 Å². The molecule has 0 aromatic carbocycles. The van der Waals surface area contributed by atoms with E-state index >= 15 is 0 Å². The number of pyridine rings is 1. The van der Waals surface area contributed by atoms with Crippen LogP contribution in [-0.4, -0.2) is 11.8 Å². The van der Waals surface area contributed by atoms with Gasteiger partial charge in [0.1, 0.15) is 0 Å². The van der Waals surface area contributed by atoms with E-state index in [-0.39, 0.29) is 17.2 Å². The zero-order valence-corrected chi connectivity index (χ0v) is 10.4. The summed E-state index contributed by atoms with van der Waals surface area (Å²) in [4.78, 5) is 19.0. The molecule has 3 N–H and O–H groups in total. The maximum absolute atomic E-state index is 11.4. The van der Waals surface area contributed by atoms with Crippen molar-refractivity contribution in [3.63, 3.8) is 0 Å². The summed E-state index contributed by atoms with van der Waals surface area (Å²) in [6, 6.07) is 3.49. The van der Waals surface area contributed by atoms with Crippen LogP contribution in [-0.2, 0) is 9.63 Å². The van der Waals surface area contributed by atoms with Crippen LogP contribution < -0.4 is 10.7 Å². The molecule has 17 heavy (non-hydrogen) atoms. The molecule has 0 saturated carbocycles. The van der Waals surface area contributed by atoms with Crippen LogP contribution >= 0.6 is 0 Å². The van der Waals surface area contributed by atoms with Crippen LogP contribution in [0, 0.1) is 5.41 Å². The zero-order valence-electron chi connectivity index (χ0n) is 10.4. The summed E-state index contributed by atoms with van der Waals surface area (Å²) in [7, 11) is 0. The van der Waals surface area contributed by atoms with Crippen molar-refractivity contribution in [3.8, 4) is 0 Å². The molecule has 0 amide bonds. The van der Waals surface area contributed by atoms with Gasteiger partial charge in [0.2, 0.25) is 0 Å². The molecule has 1 aromatic rings. The lowest BCUT2D eigenvalue weighted by molar-refractivity contribution is -0.378. The lowest BCUT2D eigenvalue weighted by Crippen LogP contribution is -2.18. The molecule has 0 spiro atoms. The van der Waals surface area contributed by atoms with Gasteiger partial charge in [-0.05, 0) is 5.41 Å². The second-order valence-corrected chi connectivity index (χ2v) is 4.97. The van der Waals surface area contributed by atoms with Crippen LogP contribution in [0.25, 0.3) is 0 Å². The molecule has 0 aliphatic rings. The van der Waals surface area contributed by atoms with Gasteiger partial charge in [-0.15, -0.1) is 0 Å². The second-order valence-electron chi connectivity index (χ2n) is 4.97. The number of nitrogens with zero attached hydrogens (tertiary/aromatic N) is 1. The molecule has 1 aromatic heterocycles. The molecular formula is C12H18N3O2+. The third-order valence-corrected chi connectivity index (χ3v) is 1.93. The van der Waals surface area contributed by atoms with Crippen molar-refractivity contribution in [3.05, 3.63) is 30.1 Å². The summed E-state index contributed by atoms with van der Waals surface area (Å²) in [6.45, 7) is 5.86. The molecule has 92 valence electrons. The topological polar surface area (TPSA) is 78.8 Å². The predicted octanol–water partition coefficient (Wildman–Crippen LogP) is 1.10. The summed E-state index contributed by atoms with van der Waals surface area (Å²) in [6.07, 6.45) is 3.73. The van der Waals surface area contributed by atoms with Crippen LogP contribution in [0.15, 0.2) is 29.7 Å². The Morgan fingerprint density at radius 3 is 2.53 bits per heavy atom. The van der Waals surface area contributed by atoms with Crippen LogP contribution in [0.5, 0.6) is 0 Å². The first-order valence-electron chi connectivity index (χ1n) is 5.38. The van der Waals surface area contributed by atoms with Gasteiger partial charge in [0.25, 0.3) is 0 Å². The van der Waals surface area contributed by atoms with E-state index in [1.165, 1.54) is 0 Å². The SMILES string of the molecule is CC(C)(C)CC(=O)ON=C(N)c1cc[nH+]cc1. The summed E-state index contributed by atoms with van der Waals surface area (Å²) < 4.78 is 0. The van der Waals surface area contributed by atoms with Gasteiger partial charge in [-0.3, -0.25) is 0 Å². The van der Waals surface area contributed by atoms with Gasteiger partial charge in [-0.2, -0.15) is 0 Å². The maximum atomic E-state index is 11.4. The molecule has 0 aliphatic carbocycles. The number of oxime groups is 1. The van der Waals surface area contributed by atoms with Gasteiger partial charge in [0.15, 0.2) is 18.2 Å². The number of nitrogens with two attached hydrogens (primary N) is 1. The molecule has 0 aliphatic heterocycles. The van der Waals surface area contributed by atoms with E-state index in [4.69, 9.17) is 10.6 Å². The first kappa shape index (κ1) is 13.2. The minimum Gasteiger partial charge on any atom is -0.380 e. The number of hydrogen-bond donors (Lipinski definition) is 1. The number of hydrogen-bond acceptors (Lipinski definition) is 3. The number of aromatic amines is 1. The molecule has 0 fully saturated rings. The number of carbonyl (C=O) groups excluding carboxylic acids is 1. The average molecular weight is 236 g/mol. The number of H-pyrrole nitrogens is 1. The lowest BCUT2D eigenvalue weighted by atomic mass is 9.93. The number of nitrogens with one attached hydrogen (secondary N) is 1. The molecular weight excluding hydrogens is 218 g/mol. The average Bonchev–Trinajstić information content (AvgIpc) is 2.25. The van der Waals surface area contributed by atoms with Gasteiger partial charge in [0, 0.05) is 17.7 Å². The Balaban J connectivity index is 2.57.